The van der Waals surface area contributed by atoms with Crippen LogP contribution < -0.4 is 5.48 Å². The van der Waals surface area contributed by atoms with Gasteiger partial charge in [-0.3, -0.25) is 9.63 Å². The number of halogens is 1. The Labute approximate surface area is 103 Å². The molecule has 0 saturated heterocycles. The van der Waals surface area contributed by atoms with Gasteiger partial charge in [-0.05, 0) is 17.7 Å². The lowest BCUT2D eigenvalue weighted by Crippen LogP contribution is -2.26. The summed E-state index contributed by atoms with van der Waals surface area (Å²) in [5.74, 6) is -0.172. The molecule has 0 bridgehead atoms. The van der Waals surface area contributed by atoms with Crippen molar-refractivity contribution in [1.29, 1.82) is 0 Å². The molecule has 1 aromatic carbocycles. The number of carbonyl (C=O) groups is 1. The van der Waals surface area contributed by atoms with Crippen molar-refractivity contribution in [1.82, 2.24) is 5.48 Å². The van der Waals surface area contributed by atoms with Crippen LogP contribution in [-0.4, -0.2) is 26.2 Å². The minimum absolute atomic E-state index is 0.172. The van der Waals surface area contributed by atoms with Gasteiger partial charge in [0.15, 0.2) is 0 Å². The van der Waals surface area contributed by atoms with E-state index in [1.165, 1.54) is 0 Å². The van der Waals surface area contributed by atoms with Crippen molar-refractivity contribution in [3.63, 3.8) is 0 Å². The Kier molecular flexibility index (Phi) is 6.07. The van der Waals surface area contributed by atoms with E-state index in [-0.39, 0.29) is 5.91 Å². The zero-order valence-corrected chi connectivity index (χ0v) is 10.6. The molecule has 0 heterocycles. The van der Waals surface area contributed by atoms with E-state index < -0.39 is 0 Å². The summed E-state index contributed by atoms with van der Waals surface area (Å²) in [5, 5.41) is 0. The van der Waals surface area contributed by atoms with Crippen LogP contribution in [0.1, 0.15) is 5.56 Å². The van der Waals surface area contributed by atoms with Crippen molar-refractivity contribution in [3.05, 3.63) is 34.3 Å². The van der Waals surface area contributed by atoms with Crippen LogP contribution >= 0.6 is 15.9 Å². The summed E-state index contributed by atoms with van der Waals surface area (Å²) in [6.07, 6.45) is 0.298. The van der Waals surface area contributed by atoms with Crippen LogP contribution in [0.3, 0.4) is 0 Å². The summed E-state index contributed by atoms with van der Waals surface area (Å²) in [4.78, 5) is 16.3. The van der Waals surface area contributed by atoms with Gasteiger partial charge in [0.1, 0.15) is 0 Å². The molecule has 0 aliphatic carbocycles. The van der Waals surface area contributed by atoms with Crippen LogP contribution in [0.25, 0.3) is 0 Å². The van der Waals surface area contributed by atoms with Crippen LogP contribution in [0.2, 0.25) is 0 Å². The van der Waals surface area contributed by atoms with Gasteiger partial charge in [-0.1, -0.05) is 28.1 Å². The number of nitrogens with one attached hydrogen (secondary N) is 1. The number of carbonyl (C=O) groups excluding carboxylic acids is 1. The zero-order chi connectivity index (χ0) is 11.8. The highest BCUT2D eigenvalue weighted by Gasteiger charge is 2.03. The number of amides is 1. The number of benzene rings is 1. The quantitative estimate of drug-likeness (QED) is 0.640. The highest BCUT2D eigenvalue weighted by atomic mass is 79.9. The number of rotatable bonds is 6. The zero-order valence-electron chi connectivity index (χ0n) is 9.03. The second-order valence-electron chi connectivity index (χ2n) is 3.17. The Morgan fingerprint density at radius 3 is 2.94 bits per heavy atom. The number of hydrogen-bond donors (Lipinski definition) is 1. The number of ether oxygens (including phenoxy) is 1. The minimum atomic E-state index is -0.172. The molecule has 0 saturated carbocycles. The van der Waals surface area contributed by atoms with Crippen molar-refractivity contribution < 1.29 is 14.4 Å². The summed E-state index contributed by atoms with van der Waals surface area (Å²) < 4.78 is 5.73. The van der Waals surface area contributed by atoms with E-state index in [1.54, 1.807) is 7.11 Å². The van der Waals surface area contributed by atoms with Crippen molar-refractivity contribution in [2.45, 2.75) is 6.42 Å². The summed E-state index contributed by atoms with van der Waals surface area (Å²) in [6.45, 7) is 0.803. The van der Waals surface area contributed by atoms with Crippen molar-refractivity contribution in [2.24, 2.45) is 0 Å². The maximum atomic E-state index is 11.4. The molecule has 0 aliphatic rings. The largest absolute Gasteiger partial charge is 0.382 e. The molecule has 1 aromatic rings. The van der Waals surface area contributed by atoms with Gasteiger partial charge in [0, 0.05) is 11.6 Å². The van der Waals surface area contributed by atoms with Gasteiger partial charge in [-0.25, -0.2) is 5.48 Å². The molecular weight excluding hydrogens is 274 g/mol. The molecule has 4 nitrogen and oxygen atoms in total. The summed E-state index contributed by atoms with van der Waals surface area (Å²) in [6, 6.07) is 7.59. The average Bonchev–Trinajstić information content (AvgIpc) is 2.24. The number of methoxy groups -OCH3 is 1. The van der Waals surface area contributed by atoms with Crippen LogP contribution in [0.15, 0.2) is 28.7 Å². The lowest BCUT2D eigenvalue weighted by atomic mass is 10.1. The molecule has 1 amide bonds. The van der Waals surface area contributed by atoms with E-state index in [4.69, 9.17) is 9.57 Å². The first-order chi connectivity index (χ1) is 7.72. The molecule has 0 atom stereocenters. The lowest BCUT2D eigenvalue weighted by molar-refractivity contribution is -0.133. The molecule has 0 aliphatic heterocycles. The van der Waals surface area contributed by atoms with Crippen LogP contribution in [-0.2, 0) is 20.8 Å². The second kappa shape index (κ2) is 7.38. The summed E-state index contributed by atoms with van der Waals surface area (Å²) >= 11 is 3.35. The van der Waals surface area contributed by atoms with Crippen LogP contribution in [0.4, 0.5) is 0 Å². The SMILES string of the molecule is COCCONC(=O)Cc1cccc(Br)c1. The lowest BCUT2D eigenvalue weighted by Gasteiger charge is -2.05. The Morgan fingerprint density at radius 1 is 1.44 bits per heavy atom. The number of hydrogen-bond acceptors (Lipinski definition) is 3. The molecule has 0 radical (unpaired) electrons. The van der Waals surface area contributed by atoms with E-state index in [1.807, 2.05) is 24.3 Å². The van der Waals surface area contributed by atoms with Gasteiger partial charge < -0.3 is 4.74 Å². The molecule has 0 unspecified atom stereocenters. The Bertz CT molecular complexity index is 344. The Balaban J connectivity index is 2.29. The van der Waals surface area contributed by atoms with Gasteiger partial charge >= 0.3 is 0 Å². The van der Waals surface area contributed by atoms with Gasteiger partial charge in [0.2, 0.25) is 5.91 Å². The molecule has 16 heavy (non-hydrogen) atoms. The number of hydroxylamine groups is 1. The third-order valence-corrected chi connectivity index (χ3v) is 2.32. The topological polar surface area (TPSA) is 47.6 Å². The van der Waals surface area contributed by atoms with Crippen LogP contribution in [0.5, 0.6) is 0 Å². The van der Waals surface area contributed by atoms with E-state index in [2.05, 4.69) is 21.4 Å². The smallest absolute Gasteiger partial charge is 0.247 e. The fourth-order valence-electron chi connectivity index (χ4n) is 1.12. The highest BCUT2D eigenvalue weighted by Crippen LogP contribution is 2.11. The molecule has 1 N–H and O–H groups in total. The minimum Gasteiger partial charge on any atom is -0.382 e. The summed E-state index contributed by atoms with van der Waals surface area (Å²) in [5.41, 5.74) is 3.28. The predicted octanol–water partition coefficient (Wildman–Crippen LogP) is 1.69. The van der Waals surface area contributed by atoms with E-state index in [0.29, 0.717) is 19.6 Å². The van der Waals surface area contributed by atoms with E-state index >= 15 is 0 Å². The van der Waals surface area contributed by atoms with Gasteiger partial charge in [-0.2, -0.15) is 0 Å². The van der Waals surface area contributed by atoms with E-state index in [0.717, 1.165) is 10.0 Å². The Hall–Kier alpha value is -0.910. The maximum Gasteiger partial charge on any atom is 0.247 e. The first-order valence-corrected chi connectivity index (χ1v) is 5.65. The first-order valence-electron chi connectivity index (χ1n) is 4.86. The average molecular weight is 288 g/mol. The second-order valence-corrected chi connectivity index (χ2v) is 4.09. The standard InChI is InChI=1S/C11H14BrNO3/c1-15-5-6-16-13-11(14)8-9-3-2-4-10(12)7-9/h2-4,7H,5-6,8H2,1H3,(H,13,14). The fourth-order valence-corrected chi connectivity index (χ4v) is 1.57. The van der Waals surface area contributed by atoms with Crippen molar-refractivity contribution in [2.75, 3.05) is 20.3 Å². The molecule has 0 fully saturated rings. The molecule has 88 valence electrons. The first kappa shape index (κ1) is 13.2. The van der Waals surface area contributed by atoms with Gasteiger partial charge in [0.25, 0.3) is 0 Å². The van der Waals surface area contributed by atoms with Crippen LogP contribution in [0, 0.1) is 0 Å². The normalized spacial score (nSPS) is 10.1. The maximum absolute atomic E-state index is 11.4. The Morgan fingerprint density at radius 2 is 2.25 bits per heavy atom. The third kappa shape index (κ3) is 5.25. The fraction of sp³-hybridized carbons (Fsp3) is 0.364. The molecular formula is C11H14BrNO3. The molecule has 0 spiro atoms. The van der Waals surface area contributed by atoms with E-state index in [9.17, 15) is 4.79 Å². The molecule has 1 rings (SSSR count). The molecule has 0 aromatic heterocycles. The monoisotopic (exact) mass is 287 g/mol. The predicted molar refractivity (Wildman–Crippen MR) is 63.8 cm³/mol. The van der Waals surface area contributed by atoms with Gasteiger partial charge in [0.05, 0.1) is 19.6 Å². The van der Waals surface area contributed by atoms with Crippen molar-refractivity contribution >= 4 is 21.8 Å². The third-order valence-electron chi connectivity index (χ3n) is 1.83. The summed E-state index contributed by atoms with van der Waals surface area (Å²) in [7, 11) is 1.58. The van der Waals surface area contributed by atoms with Crippen molar-refractivity contribution in [3.8, 4) is 0 Å². The highest BCUT2D eigenvalue weighted by molar-refractivity contribution is 9.10. The van der Waals surface area contributed by atoms with Gasteiger partial charge in [-0.15, -0.1) is 0 Å². The molecule has 5 heteroatoms.